The first-order valence-electron chi connectivity index (χ1n) is 12.7. The quantitative estimate of drug-likeness (QED) is 0.257. The SMILES string of the molecule is COc1ccc(C(=O)C2C(c3ccc([N+](=O)[O-])cc3)C3CCCN3[C@@]23C(=O)Nc2ccc(Cl)cc23)cc1OC. The summed E-state index contributed by atoms with van der Waals surface area (Å²) < 4.78 is 10.8. The number of non-ortho nitro benzene ring substituents is 1. The number of carbonyl (C=O) groups excluding carboxylic acids is 2. The summed E-state index contributed by atoms with van der Waals surface area (Å²) in [6.07, 6.45) is 1.64. The minimum atomic E-state index is -1.29. The molecule has 2 saturated heterocycles. The van der Waals surface area contributed by atoms with Gasteiger partial charge in [0, 0.05) is 45.9 Å². The lowest BCUT2D eigenvalue weighted by Crippen LogP contribution is -2.52. The van der Waals surface area contributed by atoms with E-state index in [2.05, 4.69) is 10.2 Å². The summed E-state index contributed by atoms with van der Waals surface area (Å²) in [7, 11) is 3.02. The van der Waals surface area contributed by atoms with Crippen LogP contribution in [-0.2, 0) is 10.3 Å². The van der Waals surface area contributed by atoms with Crippen molar-refractivity contribution in [2.24, 2.45) is 5.92 Å². The molecule has 9 nitrogen and oxygen atoms in total. The van der Waals surface area contributed by atoms with E-state index >= 15 is 0 Å². The van der Waals surface area contributed by atoms with Crippen LogP contribution in [0.3, 0.4) is 0 Å². The molecule has 3 aliphatic rings. The maximum Gasteiger partial charge on any atom is 0.269 e. The number of nitrogens with zero attached hydrogens (tertiary/aromatic N) is 2. The maximum absolute atomic E-state index is 14.7. The van der Waals surface area contributed by atoms with Crippen LogP contribution in [0.2, 0.25) is 5.02 Å². The minimum Gasteiger partial charge on any atom is -0.493 e. The Bertz CT molecular complexity index is 1510. The average molecular weight is 548 g/mol. The van der Waals surface area contributed by atoms with E-state index in [0.717, 1.165) is 18.4 Å². The van der Waals surface area contributed by atoms with E-state index in [-0.39, 0.29) is 23.4 Å². The number of nitro groups is 1. The molecule has 3 aromatic rings. The summed E-state index contributed by atoms with van der Waals surface area (Å²) in [5, 5.41) is 14.8. The molecule has 0 saturated carbocycles. The molecule has 4 atom stereocenters. The van der Waals surface area contributed by atoms with Crippen molar-refractivity contribution < 1.29 is 24.0 Å². The first-order chi connectivity index (χ1) is 18.8. The van der Waals surface area contributed by atoms with Gasteiger partial charge in [-0.3, -0.25) is 24.6 Å². The van der Waals surface area contributed by atoms with Gasteiger partial charge in [0.15, 0.2) is 17.3 Å². The van der Waals surface area contributed by atoms with Crippen LogP contribution in [0.4, 0.5) is 11.4 Å². The molecule has 0 aromatic heterocycles. The number of hydrogen-bond acceptors (Lipinski definition) is 7. The third-order valence-corrected chi connectivity index (χ3v) is 8.64. The molecule has 0 aliphatic carbocycles. The van der Waals surface area contributed by atoms with Crippen LogP contribution >= 0.6 is 11.6 Å². The van der Waals surface area contributed by atoms with E-state index in [1.165, 1.54) is 26.4 Å². The van der Waals surface area contributed by atoms with Crippen molar-refractivity contribution in [1.82, 2.24) is 4.90 Å². The van der Waals surface area contributed by atoms with Gasteiger partial charge in [0.2, 0.25) is 5.91 Å². The lowest BCUT2D eigenvalue weighted by molar-refractivity contribution is -0.384. The molecule has 3 aliphatic heterocycles. The van der Waals surface area contributed by atoms with Crippen LogP contribution in [0.1, 0.15) is 40.2 Å². The number of halogens is 1. The molecule has 0 radical (unpaired) electrons. The number of rotatable bonds is 6. The number of carbonyl (C=O) groups is 2. The summed E-state index contributed by atoms with van der Waals surface area (Å²) in [5.41, 5.74) is 1.13. The highest BCUT2D eigenvalue weighted by atomic mass is 35.5. The number of amides is 1. The molecular weight excluding hydrogens is 522 g/mol. The molecule has 6 rings (SSSR count). The standard InChI is InChI=1S/C29H26ClN3O6/c1-38-23-12-7-17(14-24(23)39-2)27(34)26-25(16-5-9-19(10-6-16)33(36)37)22-4-3-13-32(22)29(26)20-15-18(30)8-11-21(20)31-28(29)35/h5-12,14-15,22,25-26H,3-4,13H2,1-2H3,(H,31,35)/t22?,25?,26?,29-/m1/s1. The fourth-order valence-corrected chi connectivity index (χ4v) is 7.07. The second-order valence-electron chi connectivity index (χ2n) is 10.1. The molecule has 3 unspecified atom stereocenters. The summed E-state index contributed by atoms with van der Waals surface area (Å²) >= 11 is 6.46. The van der Waals surface area contributed by atoms with Gasteiger partial charge in [-0.2, -0.15) is 0 Å². The van der Waals surface area contributed by atoms with Gasteiger partial charge in [-0.1, -0.05) is 23.7 Å². The number of nitrogens with one attached hydrogen (secondary N) is 1. The fourth-order valence-electron chi connectivity index (χ4n) is 6.89. The van der Waals surface area contributed by atoms with Gasteiger partial charge >= 0.3 is 0 Å². The lowest BCUT2D eigenvalue weighted by atomic mass is 9.68. The Balaban J connectivity index is 1.59. The lowest BCUT2D eigenvalue weighted by Gasteiger charge is -2.37. The predicted octanol–water partition coefficient (Wildman–Crippen LogP) is 5.17. The second-order valence-corrected chi connectivity index (χ2v) is 10.5. The van der Waals surface area contributed by atoms with Gasteiger partial charge in [0.05, 0.1) is 25.1 Å². The molecule has 200 valence electrons. The molecule has 1 spiro atoms. The zero-order chi connectivity index (χ0) is 27.5. The van der Waals surface area contributed by atoms with Crippen molar-refractivity contribution in [1.29, 1.82) is 0 Å². The summed E-state index contributed by atoms with van der Waals surface area (Å²) in [4.78, 5) is 41.8. The Labute approximate surface area is 229 Å². The zero-order valence-corrected chi connectivity index (χ0v) is 22.1. The molecule has 2 fully saturated rings. The van der Waals surface area contributed by atoms with E-state index < -0.39 is 22.3 Å². The van der Waals surface area contributed by atoms with Gasteiger partial charge in [0.25, 0.3) is 5.69 Å². The monoisotopic (exact) mass is 547 g/mol. The van der Waals surface area contributed by atoms with Crippen molar-refractivity contribution in [3.63, 3.8) is 0 Å². The van der Waals surface area contributed by atoms with Crippen molar-refractivity contribution >= 4 is 34.7 Å². The first kappa shape index (κ1) is 25.3. The zero-order valence-electron chi connectivity index (χ0n) is 21.3. The minimum absolute atomic E-state index is 0.0340. The van der Waals surface area contributed by atoms with Gasteiger partial charge in [-0.05, 0) is 61.3 Å². The molecule has 39 heavy (non-hydrogen) atoms. The third kappa shape index (κ3) is 3.64. The summed E-state index contributed by atoms with van der Waals surface area (Å²) in [6, 6.07) is 16.5. The number of fused-ring (bicyclic) bond motifs is 4. The Kier molecular flexibility index (Phi) is 6.08. The van der Waals surface area contributed by atoms with E-state index in [0.29, 0.717) is 39.9 Å². The smallest absolute Gasteiger partial charge is 0.269 e. The van der Waals surface area contributed by atoms with Gasteiger partial charge in [0.1, 0.15) is 5.54 Å². The predicted molar refractivity (Wildman–Crippen MR) is 145 cm³/mol. The van der Waals surface area contributed by atoms with E-state index in [1.807, 2.05) is 0 Å². The van der Waals surface area contributed by atoms with E-state index in [4.69, 9.17) is 21.1 Å². The number of nitro benzene ring substituents is 1. The fraction of sp³-hybridized carbons (Fsp3) is 0.310. The van der Waals surface area contributed by atoms with Crippen molar-refractivity contribution in [3.05, 3.63) is 92.5 Å². The summed E-state index contributed by atoms with van der Waals surface area (Å²) in [6.45, 7) is 0.628. The second kappa shape index (κ2) is 9.36. The number of methoxy groups -OCH3 is 2. The van der Waals surface area contributed by atoms with Crippen molar-refractivity contribution in [2.45, 2.75) is 30.3 Å². The van der Waals surface area contributed by atoms with Crippen LogP contribution in [0.15, 0.2) is 60.7 Å². The molecular formula is C29H26ClN3O6. The highest BCUT2D eigenvalue weighted by Crippen LogP contribution is 2.61. The van der Waals surface area contributed by atoms with Crippen molar-refractivity contribution in [2.75, 3.05) is 26.1 Å². The molecule has 10 heteroatoms. The maximum atomic E-state index is 14.7. The van der Waals surface area contributed by atoms with Gasteiger partial charge in [-0.25, -0.2) is 0 Å². The topological polar surface area (TPSA) is 111 Å². The number of Topliss-reactive ketones (excluding diaryl/α,β-unsaturated/α-hetero) is 1. The number of benzene rings is 3. The van der Waals surface area contributed by atoms with E-state index in [1.54, 1.807) is 48.5 Å². The Hall–Kier alpha value is -3.95. The largest absolute Gasteiger partial charge is 0.493 e. The molecule has 1 amide bonds. The van der Waals surface area contributed by atoms with Crippen LogP contribution in [0.25, 0.3) is 0 Å². The van der Waals surface area contributed by atoms with Gasteiger partial charge in [-0.15, -0.1) is 0 Å². The number of hydrogen-bond donors (Lipinski definition) is 1. The highest BCUT2D eigenvalue weighted by Gasteiger charge is 2.69. The van der Waals surface area contributed by atoms with Crippen LogP contribution < -0.4 is 14.8 Å². The van der Waals surface area contributed by atoms with E-state index in [9.17, 15) is 19.7 Å². The molecule has 3 aromatic carbocycles. The number of ketones is 1. The van der Waals surface area contributed by atoms with Gasteiger partial charge < -0.3 is 14.8 Å². The van der Waals surface area contributed by atoms with Crippen molar-refractivity contribution in [3.8, 4) is 11.5 Å². The molecule has 3 heterocycles. The Morgan fingerprint density at radius 1 is 1.08 bits per heavy atom. The third-order valence-electron chi connectivity index (χ3n) is 8.40. The average Bonchev–Trinajstić information content (AvgIpc) is 3.61. The number of anilines is 1. The van der Waals surface area contributed by atoms with Crippen LogP contribution in [0.5, 0.6) is 11.5 Å². The highest BCUT2D eigenvalue weighted by molar-refractivity contribution is 6.31. The Morgan fingerprint density at radius 3 is 2.51 bits per heavy atom. The van der Waals surface area contributed by atoms with Crippen LogP contribution in [-0.4, -0.2) is 48.3 Å². The first-order valence-corrected chi connectivity index (χ1v) is 13.1. The normalized spacial score (nSPS) is 25.3. The molecule has 0 bridgehead atoms. The Morgan fingerprint density at radius 2 is 1.82 bits per heavy atom. The van der Waals surface area contributed by atoms with Crippen LogP contribution in [0, 0.1) is 16.0 Å². The molecule has 1 N–H and O–H groups in total. The summed E-state index contributed by atoms with van der Waals surface area (Å²) in [5.74, 6) is -0.834. The number of ether oxygens (including phenoxy) is 2.